The summed E-state index contributed by atoms with van der Waals surface area (Å²) in [5.41, 5.74) is 8.61. The molecule has 3 aromatic rings. The second-order valence-electron chi connectivity index (χ2n) is 4.92. The zero-order chi connectivity index (χ0) is 13.0. The van der Waals surface area contributed by atoms with Gasteiger partial charge in [0.2, 0.25) is 0 Å². The van der Waals surface area contributed by atoms with Crippen LogP contribution in [-0.4, -0.2) is 29.9 Å². The number of nitrogens with two attached hydrogens (primary N) is 1. The number of anilines is 1. The average Bonchev–Trinajstić information content (AvgIpc) is 3.06. The van der Waals surface area contributed by atoms with E-state index < -0.39 is 0 Å². The van der Waals surface area contributed by atoms with E-state index in [2.05, 4.69) is 25.3 Å². The lowest BCUT2D eigenvalue weighted by Gasteiger charge is -2.00. The molecule has 1 fully saturated rings. The molecular weight excluding hydrogens is 242 g/mol. The summed E-state index contributed by atoms with van der Waals surface area (Å²) in [4.78, 5) is 8.36. The summed E-state index contributed by atoms with van der Waals surface area (Å²) in [6.45, 7) is 1.92. The number of hydrogen-bond donors (Lipinski definition) is 2. The fourth-order valence-electron chi connectivity index (χ4n) is 2.31. The van der Waals surface area contributed by atoms with E-state index in [4.69, 9.17) is 5.73 Å². The molecule has 0 aliphatic heterocycles. The predicted molar refractivity (Wildman–Crippen MR) is 69.9 cm³/mol. The fraction of sp³-hybridized carbons (Fsp3) is 0.333. The van der Waals surface area contributed by atoms with Gasteiger partial charge in [-0.15, -0.1) is 0 Å². The van der Waals surface area contributed by atoms with Crippen molar-refractivity contribution >= 4 is 16.9 Å². The van der Waals surface area contributed by atoms with Crippen molar-refractivity contribution in [3.05, 3.63) is 23.8 Å². The summed E-state index contributed by atoms with van der Waals surface area (Å²) in [7, 11) is 0. The van der Waals surface area contributed by atoms with Crippen molar-refractivity contribution < 1.29 is 0 Å². The zero-order valence-corrected chi connectivity index (χ0v) is 10.5. The Morgan fingerprint density at radius 2 is 2.21 bits per heavy atom. The number of nitrogen functional groups attached to an aromatic ring is 1. The van der Waals surface area contributed by atoms with Gasteiger partial charge in [0.05, 0.1) is 11.1 Å². The molecule has 0 atom stereocenters. The third kappa shape index (κ3) is 1.51. The molecule has 1 saturated carbocycles. The van der Waals surface area contributed by atoms with Crippen LogP contribution in [0.5, 0.6) is 0 Å². The topological polar surface area (TPSA) is 98.3 Å². The Morgan fingerprint density at radius 3 is 2.95 bits per heavy atom. The normalized spacial score (nSPS) is 15.2. The summed E-state index contributed by atoms with van der Waals surface area (Å²) in [5, 5.41) is 12.6. The van der Waals surface area contributed by atoms with E-state index in [1.54, 1.807) is 4.68 Å². The van der Waals surface area contributed by atoms with Gasteiger partial charge in [-0.25, -0.2) is 9.97 Å². The molecule has 7 nitrogen and oxygen atoms in total. The van der Waals surface area contributed by atoms with Crippen molar-refractivity contribution in [1.29, 1.82) is 0 Å². The Hall–Kier alpha value is -2.44. The quantitative estimate of drug-likeness (QED) is 0.719. The maximum Gasteiger partial charge on any atom is 0.188 e. The fourth-order valence-corrected chi connectivity index (χ4v) is 2.31. The van der Waals surface area contributed by atoms with Gasteiger partial charge < -0.3 is 5.73 Å². The van der Waals surface area contributed by atoms with Crippen LogP contribution in [0.1, 0.15) is 30.1 Å². The van der Waals surface area contributed by atoms with Crippen LogP contribution in [0.25, 0.3) is 16.9 Å². The lowest BCUT2D eigenvalue weighted by Crippen LogP contribution is -2.02. The van der Waals surface area contributed by atoms with Gasteiger partial charge in [0.15, 0.2) is 11.5 Å². The van der Waals surface area contributed by atoms with Crippen LogP contribution < -0.4 is 5.73 Å². The molecule has 0 aromatic carbocycles. The summed E-state index contributed by atoms with van der Waals surface area (Å²) in [6, 6.07) is 1.88. The number of nitrogens with one attached hydrogen (secondary N) is 1. The van der Waals surface area contributed by atoms with E-state index in [0.717, 1.165) is 28.2 Å². The molecule has 0 spiro atoms. The first-order valence-electron chi connectivity index (χ1n) is 6.25. The van der Waals surface area contributed by atoms with E-state index in [9.17, 15) is 0 Å². The third-order valence-corrected chi connectivity index (χ3v) is 3.41. The van der Waals surface area contributed by atoms with Gasteiger partial charge in [-0.05, 0) is 19.8 Å². The van der Waals surface area contributed by atoms with E-state index in [-0.39, 0.29) is 0 Å². The monoisotopic (exact) mass is 255 g/mol. The highest BCUT2D eigenvalue weighted by Crippen LogP contribution is 2.43. The first-order valence-corrected chi connectivity index (χ1v) is 6.25. The first kappa shape index (κ1) is 10.5. The lowest BCUT2D eigenvalue weighted by atomic mass is 10.2. The minimum Gasteiger partial charge on any atom is -0.383 e. The number of nitrogens with zero attached hydrogens (tertiary/aromatic N) is 5. The van der Waals surface area contributed by atoms with Crippen molar-refractivity contribution in [1.82, 2.24) is 29.9 Å². The van der Waals surface area contributed by atoms with Crippen molar-refractivity contribution in [2.24, 2.45) is 0 Å². The Balaban J connectivity index is 1.99. The third-order valence-electron chi connectivity index (χ3n) is 3.41. The molecule has 96 valence electrons. The lowest BCUT2D eigenvalue weighted by molar-refractivity contribution is 0.809. The first-order chi connectivity index (χ1) is 9.24. The number of aromatic amines is 1. The smallest absolute Gasteiger partial charge is 0.188 e. The van der Waals surface area contributed by atoms with Crippen molar-refractivity contribution in [3.63, 3.8) is 0 Å². The zero-order valence-electron chi connectivity index (χ0n) is 10.5. The van der Waals surface area contributed by atoms with Crippen LogP contribution >= 0.6 is 0 Å². The maximum atomic E-state index is 5.96. The largest absolute Gasteiger partial charge is 0.383 e. The van der Waals surface area contributed by atoms with Gasteiger partial charge in [-0.3, -0.25) is 5.10 Å². The molecule has 19 heavy (non-hydrogen) atoms. The van der Waals surface area contributed by atoms with E-state index in [1.807, 2.05) is 13.0 Å². The van der Waals surface area contributed by atoms with E-state index >= 15 is 0 Å². The highest BCUT2D eigenvalue weighted by atomic mass is 15.4. The molecule has 7 heteroatoms. The average molecular weight is 255 g/mol. The molecule has 1 aliphatic carbocycles. The molecule has 3 aromatic heterocycles. The number of aryl methyl sites for hydroxylation is 1. The van der Waals surface area contributed by atoms with Crippen LogP contribution in [-0.2, 0) is 0 Å². The van der Waals surface area contributed by atoms with E-state index in [1.165, 1.54) is 19.2 Å². The van der Waals surface area contributed by atoms with Crippen LogP contribution in [0.3, 0.4) is 0 Å². The Morgan fingerprint density at radius 1 is 1.37 bits per heavy atom. The van der Waals surface area contributed by atoms with E-state index in [0.29, 0.717) is 11.7 Å². The maximum absolute atomic E-state index is 5.96. The molecule has 0 unspecified atom stereocenters. The van der Waals surface area contributed by atoms with Gasteiger partial charge in [0.25, 0.3) is 0 Å². The molecule has 0 amide bonds. The number of rotatable bonds is 2. The molecule has 0 radical (unpaired) electrons. The molecule has 0 saturated heterocycles. The number of H-pyrrole nitrogens is 1. The Kier molecular flexibility index (Phi) is 1.95. The van der Waals surface area contributed by atoms with Crippen molar-refractivity contribution in [3.8, 4) is 5.82 Å². The minimum absolute atomic E-state index is 0.506. The molecular formula is C12H13N7. The van der Waals surface area contributed by atoms with Gasteiger partial charge in [0.1, 0.15) is 12.1 Å². The Bertz CT molecular complexity index is 766. The highest BCUT2D eigenvalue weighted by Gasteiger charge is 2.31. The van der Waals surface area contributed by atoms with Gasteiger partial charge >= 0.3 is 0 Å². The SMILES string of the molecule is Cc1cc(-n2nc(C3CC3)c3c(N)[nH]nc32)ncn1. The summed E-state index contributed by atoms with van der Waals surface area (Å²) < 4.78 is 1.74. The summed E-state index contributed by atoms with van der Waals surface area (Å²) >= 11 is 0. The predicted octanol–water partition coefficient (Wildman–Crippen LogP) is 1.31. The standard InChI is InChI=1S/C12H13N7/c1-6-4-8(15-5-14-6)19-12-9(11(13)16-17-12)10(18-19)7-2-3-7/h4-5,7H,2-3H2,1H3,(H3,13,16,17). The van der Waals surface area contributed by atoms with Gasteiger partial charge in [0, 0.05) is 17.7 Å². The second kappa shape index (κ2) is 3.53. The van der Waals surface area contributed by atoms with Crippen LogP contribution in [0.4, 0.5) is 5.82 Å². The molecule has 1 aliphatic rings. The molecule has 3 heterocycles. The highest BCUT2D eigenvalue weighted by molar-refractivity contribution is 5.90. The number of fused-ring (bicyclic) bond motifs is 1. The molecule has 4 rings (SSSR count). The minimum atomic E-state index is 0.506. The molecule has 3 N–H and O–H groups in total. The number of aromatic nitrogens is 6. The van der Waals surface area contributed by atoms with Crippen LogP contribution in [0.15, 0.2) is 12.4 Å². The van der Waals surface area contributed by atoms with Crippen LogP contribution in [0, 0.1) is 6.92 Å². The summed E-state index contributed by atoms with van der Waals surface area (Å²) in [5.74, 6) is 1.80. The van der Waals surface area contributed by atoms with Gasteiger partial charge in [-0.2, -0.15) is 14.9 Å². The Labute approximate surface area is 108 Å². The van der Waals surface area contributed by atoms with Crippen molar-refractivity contribution in [2.45, 2.75) is 25.7 Å². The molecule has 0 bridgehead atoms. The second-order valence-corrected chi connectivity index (χ2v) is 4.92. The van der Waals surface area contributed by atoms with Gasteiger partial charge in [-0.1, -0.05) is 0 Å². The van der Waals surface area contributed by atoms with Crippen molar-refractivity contribution in [2.75, 3.05) is 5.73 Å². The van der Waals surface area contributed by atoms with Crippen LogP contribution in [0.2, 0.25) is 0 Å². The summed E-state index contributed by atoms with van der Waals surface area (Å²) in [6.07, 6.45) is 3.87. The number of hydrogen-bond acceptors (Lipinski definition) is 5.